The van der Waals surface area contributed by atoms with Crippen molar-refractivity contribution in [3.63, 3.8) is 0 Å². The van der Waals surface area contributed by atoms with E-state index < -0.39 is 0 Å². The van der Waals surface area contributed by atoms with Gasteiger partial charge in [0, 0.05) is 29.9 Å². The van der Waals surface area contributed by atoms with Crippen LogP contribution in [0, 0.1) is 5.92 Å². The van der Waals surface area contributed by atoms with Gasteiger partial charge in [0.1, 0.15) is 5.75 Å². The van der Waals surface area contributed by atoms with Gasteiger partial charge in [0.2, 0.25) is 5.88 Å². The minimum absolute atomic E-state index is 0.0174. The van der Waals surface area contributed by atoms with Crippen molar-refractivity contribution in [2.75, 3.05) is 0 Å². The summed E-state index contributed by atoms with van der Waals surface area (Å²) in [6, 6.07) is 26.2. The minimum atomic E-state index is -0.337. The molecule has 40 heavy (non-hydrogen) atoms. The highest BCUT2D eigenvalue weighted by Crippen LogP contribution is 2.36. The van der Waals surface area contributed by atoms with Gasteiger partial charge in [-0.15, -0.1) is 0 Å². The van der Waals surface area contributed by atoms with Crippen molar-refractivity contribution >= 4 is 17.9 Å². The first kappa shape index (κ1) is 24.1. The molecular formula is C36H28N2O2. The van der Waals surface area contributed by atoms with Crippen LogP contribution in [-0.2, 0) is 6.42 Å². The van der Waals surface area contributed by atoms with Crippen molar-refractivity contribution in [2.45, 2.75) is 18.8 Å². The Kier molecular flexibility index (Phi) is 6.21. The van der Waals surface area contributed by atoms with E-state index in [-0.39, 0.29) is 17.6 Å². The van der Waals surface area contributed by atoms with Crippen LogP contribution in [0.4, 0.5) is 0 Å². The largest absolute Gasteiger partial charge is 0.438 e. The van der Waals surface area contributed by atoms with Gasteiger partial charge < -0.3 is 10.1 Å². The zero-order valence-electron chi connectivity index (χ0n) is 22.0. The van der Waals surface area contributed by atoms with Crippen LogP contribution in [0.25, 0.3) is 23.3 Å². The fourth-order valence-electron chi connectivity index (χ4n) is 6.05. The van der Waals surface area contributed by atoms with E-state index in [9.17, 15) is 4.79 Å². The van der Waals surface area contributed by atoms with Gasteiger partial charge in [-0.1, -0.05) is 78.9 Å². The maximum atomic E-state index is 14.3. The molecule has 2 aliphatic carbocycles. The molecule has 0 saturated carbocycles. The summed E-state index contributed by atoms with van der Waals surface area (Å²) in [6.07, 6.45) is 17.8. The summed E-state index contributed by atoms with van der Waals surface area (Å²) >= 11 is 0. The molecule has 2 heterocycles. The first-order chi connectivity index (χ1) is 19.8. The van der Waals surface area contributed by atoms with E-state index in [1.54, 1.807) is 12.3 Å². The molecule has 0 saturated heterocycles. The van der Waals surface area contributed by atoms with Gasteiger partial charge in [0.25, 0.3) is 0 Å². The highest BCUT2D eigenvalue weighted by atomic mass is 16.5. The molecule has 0 bridgehead atoms. The number of carbonyl (C=O) groups is 1. The van der Waals surface area contributed by atoms with Gasteiger partial charge >= 0.3 is 0 Å². The Morgan fingerprint density at radius 3 is 2.65 bits per heavy atom. The monoisotopic (exact) mass is 520 g/mol. The number of para-hydroxylation sites is 1. The zero-order chi connectivity index (χ0) is 26.9. The number of ketones is 1. The van der Waals surface area contributed by atoms with E-state index in [0.29, 0.717) is 23.6 Å². The Bertz CT molecular complexity index is 1830. The molecule has 7 rings (SSSR count). The summed E-state index contributed by atoms with van der Waals surface area (Å²) in [6.45, 7) is 0. The average Bonchev–Trinajstić information content (AvgIpc) is 3.30. The summed E-state index contributed by atoms with van der Waals surface area (Å²) in [5.41, 5.74) is 6.64. The van der Waals surface area contributed by atoms with Gasteiger partial charge in [-0.25, -0.2) is 4.98 Å². The molecule has 4 nitrogen and oxygen atoms in total. The molecule has 2 unspecified atom stereocenters. The van der Waals surface area contributed by atoms with E-state index in [1.165, 1.54) is 27.5 Å². The summed E-state index contributed by atoms with van der Waals surface area (Å²) in [5, 5.41) is 5.84. The molecule has 2 atom stereocenters. The van der Waals surface area contributed by atoms with Crippen molar-refractivity contribution in [1.29, 1.82) is 0 Å². The molecule has 3 aromatic carbocycles. The van der Waals surface area contributed by atoms with Crippen LogP contribution in [0.1, 0.15) is 33.8 Å². The first-order valence-electron chi connectivity index (χ1n) is 13.7. The molecule has 1 aromatic heterocycles. The predicted molar refractivity (Wildman–Crippen MR) is 159 cm³/mol. The fourth-order valence-corrected chi connectivity index (χ4v) is 6.05. The maximum Gasteiger partial charge on any atom is 0.230 e. The number of ether oxygens (including phenoxy) is 1. The smallest absolute Gasteiger partial charge is 0.230 e. The second-order valence-electron chi connectivity index (χ2n) is 10.3. The van der Waals surface area contributed by atoms with E-state index >= 15 is 0 Å². The number of nitrogens with one attached hydrogen (secondary N) is 1. The van der Waals surface area contributed by atoms with E-state index in [4.69, 9.17) is 4.74 Å². The second kappa shape index (κ2) is 10.3. The number of pyridine rings is 1. The molecule has 0 radical (unpaired) electrons. The number of hydrogen-bond donors (Lipinski definition) is 1. The standard InChI is InChI=1S/C36H28N2O2/c39-35(31-14-9-21-38-36(31)40-26-11-3-1-4-12-26)25-22-32-29-17-16-24-10-6-7-13-27(24)28(29)18-19-30(32)33(23-25)34-15-5-2-8-20-37-34/h1-15,17-22,25,33,37H,16,23H2. The normalized spacial score (nSPS) is 18.4. The number of fused-ring (bicyclic) bond motifs is 5. The molecule has 0 fully saturated rings. The highest BCUT2D eigenvalue weighted by Gasteiger charge is 2.32. The Balaban J connectivity index is 1.36. The third kappa shape index (κ3) is 4.38. The van der Waals surface area contributed by atoms with Gasteiger partial charge in [-0.2, -0.15) is 0 Å². The number of rotatable bonds is 5. The topological polar surface area (TPSA) is 51.2 Å². The summed E-state index contributed by atoms with van der Waals surface area (Å²) in [4.78, 5) is 18.7. The number of aromatic nitrogens is 1. The van der Waals surface area contributed by atoms with Gasteiger partial charge in [-0.05, 0) is 82.0 Å². The Hall–Kier alpha value is -4.96. The Morgan fingerprint density at radius 2 is 1.73 bits per heavy atom. The van der Waals surface area contributed by atoms with Crippen LogP contribution in [0.2, 0.25) is 0 Å². The highest BCUT2D eigenvalue weighted by molar-refractivity contribution is 6.03. The lowest BCUT2D eigenvalue weighted by Crippen LogP contribution is -2.40. The lowest BCUT2D eigenvalue weighted by Gasteiger charge is -2.30. The van der Waals surface area contributed by atoms with E-state index in [2.05, 4.69) is 64.9 Å². The molecule has 3 aliphatic rings. The molecular weight excluding hydrogens is 492 g/mol. The molecule has 4 aromatic rings. The van der Waals surface area contributed by atoms with Gasteiger partial charge in [-0.3, -0.25) is 4.79 Å². The van der Waals surface area contributed by atoms with Crippen LogP contribution in [-0.4, -0.2) is 10.8 Å². The number of hydrogen-bond acceptors (Lipinski definition) is 4. The fraction of sp³-hybridized carbons (Fsp3) is 0.111. The van der Waals surface area contributed by atoms with Crippen LogP contribution in [0.5, 0.6) is 11.6 Å². The van der Waals surface area contributed by atoms with Crippen LogP contribution in [0.15, 0.2) is 121 Å². The third-order valence-electron chi connectivity index (χ3n) is 7.94. The van der Waals surface area contributed by atoms with Crippen molar-refractivity contribution in [1.82, 2.24) is 10.3 Å². The lowest BCUT2D eigenvalue weighted by atomic mass is 9.75. The minimum Gasteiger partial charge on any atom is -0.438 e. The number of allylic oxidation sites excluding steroid dienone is 5. The van der Waals surface area contributed by atoms with Crippen molar-refractivity contribution in [2.24, 2.45) is 5.92 Å². The molecule has 0 amide bonds. The molecule has 0 spiro atoms. The van der Waals surface area contributed by atoms with E-state index in [0.717, 1.165) is 17.3 Å². The summed E-state index contributed by atoms with van der Waals surface area (Å²) in [7, 11) is 0. The third-order valence-corrected chi connectivity index (χ3v) is 7.94. The Morgan fingerprint density at radius 1 is 0.850 bits per heavy atom. The second-order valence-corrected chi connectivity index (χ2v) is 10.3. The SMILES string of the molecule is O=C(c1cccnc1Oc1ccccc1)C1C=c2c(ccc3c2=CCc2ccccc2-3)C(C2=CC=CC=CN2)C1. The molecule has 1 N–H and O–H groups in total. The van der Waals surface area contributed by atoms with Crippen molar-refractivity contribution < 1.29 is 9.53 Å². The first-order valence-corrected chi connectivity index (χ1v) is 13.7. The quantitative estimate of drug-likeness (QED) is 0.318. The summed E-state index contributed by atoms with van der Waals surface area (Å²) in [5.74, 6) is 0.703. The molecule has 194 valence electrons. The number of nitrogens with zero attached hydrogens (tertiary/aromatic N) is 1. The van der Waals surface area contributed by atoms with Crippen LogP contribution < -0.4 is 20.5 Å². The zero-order valence-corrected chi connectivity index (χ0v) is 22.0. The van der Waals surface area contributed by atoms with Crippen LogP contribution >= 0.6 is 0 Å². The Labute approximate surface area is 233 Å². The number of Topliss-reactive ketones (excluding diaryl/α,β-unsaturated/α-hetero) is 1. The lowest BCUT2D eigenvalue weighted by molar-refractivity contribution is 0.0941. The van der Waals surface area contributed by atoms with Crippen molar-refractivity contribution in [3.05, 3.63) is 148 Å². The van der Waals surface area contributed by atoms with Crippen molar-refractivity contribution in [3.8, 4) is 22.8 Å². The number of carbonyl (C=O) groups excluding carboxylic acids is 1. The van der Waals surface area contributed by atoms with Crippen LogP contribution in [0.3, 0.4) is 0 Å². The summed E-state index contributed by atoms with van der Waals surface area (Å²) < 4.78 is 6.09. The predicted octanol–water partition coefficient (Wildman–Crippen LogP) is 6.20. The molecule has 1 aliphatic heterocycles. The van der Waals surface area contributed by atoms with Gasteiger partial charge in [0.05, 0.1) is 5.56 Å². The van der Waals surface area contributed by atoms with E-state index in [1.807, 2.05) is 60.8 Å². The number of benzene rings is 3. The average molecular weight is 521 g/mol. The maximum absolute atomic E-state index is 14.3. The molecule has 4 heteroatoms. The van der Waals surface area contributed by atoms with Gasteiger partial charge in [0.15, 0.2) is 5.78 Å².